The Morgan fingerprint density at radius 1 is 1.25 bits per heavy atom. The molecule has 1 aliphatic rings. The summed E-state index contributed by atoms with van der Waals surface area (Å²) in [5, 5.41) is 2.80. The predicted octanol–water partition coefficient (Wildman–Crippen LogP) is 2.97. The van der Waals surface area contributed by atoms with Crippen molar-refractivity contribution in [3.05, 3.63) is 59.4 Å². The van der Waals surface area contributed by atoms with E-state index in [1.807, 2.05) is 0 Å². The molecule has 0 radical (unpaired) electrons. The molecule has 6 nitrogen and oxygen atoms in total. The van der Waals surface area contributed by atoms with Crippen LogP contribution < -0.4 is 10.2 Å². The van der Waals surface area contributed by atoms with Crippen molar-refractivity contribution >= 4 is 29.1 Å². The molecule has 3 amide bonds. The van der Waals surface area contributed by atoms with Gasteiger partial charge in [-0.1, -0.05) is 18.2 Å². The minimum absolute atomic E-state index is 0.154. The topological polar surface area (TPSA) is 69.7 Å². The van der Waals surface area contributed by atoms with Gasteiger partial charge in [0.2, 0.25) is 11.8 Å². The number of rotatable bonds is 3. The first kappa shape index (κ1) is 19.5. The first-order chi connectivity index (χ1) is 13.3. The molecule has 0 saturated heterocycles. The second-order valence-electron chi connectivity index (χ2n) is 7.01. The third-order valence-electron chi connectivity index (χ3n) is 4.77. The van der Waals surface area contributed by atoms with Crippen molar-refractivity contribution in [3.63, 3.8) is 0 Å². The number of likely N-dealkylation sites (N-methyl/N-ethyl adjacent to an activating group) is 1. The fraction of sp³-hybridized carbons (Fsp3) is 0.286. The number of carbonyl (C=O) groups is 3. The monoisotopic (exact) mass is 383 g/mol. The molecule has 3 rings (SSSR count). The number of halogens is 1. The van der Waals surface area contributed by atoms with E-state index in [2.05, 4.69) is 5.32 Å². The van der Waals surface area contributed by atoms with Gasteiger partial charge in [0.15, 0.2) is 0 Å². The normalized spacial score (nSPS) is 16.1. The van der Waals surface area contributed by atoms with E-state index in [1.165, 1.54) is 35.0 Å². The van der Waals surface area contributed by atoms with Gasteiger partial charge in [0.05, 0.1) is 11.4 Å². The number of amides is 3. The Hall–Kier alpha value is -3.22. The van der Waals surface area contributed by atoms with E-state index in [0.29, 0.717) is 16.9 Å². The molecular formula is C21H22FN3O3. The Bertz CT molecular complexity index is 944. The molecule has 2 aromatic carbocycles. The summed E-state index contributed by atoms with van der Waals surface area (Å²) in [4.78, 5) is 40.4. The van der Waals surface area contributed by atoms with Crippen LogP contribution in [0.25, 0.3) is 0 Å². The van der Waals surface area contributed by atoms with Crippen molar-refractivity contribution in [1.29, 1.82) is 0 Å². The maximum atomic E-state index is 13.8. The summed E-state index contributed by atoms with van der Waals surface area (Å²) in [7, 11) is 1.50. The number of hydrogen-bond acceptors (Lipinski definition) is 3. The number of nitrogens with one attached hydrogen (secondary N) is 1. The maximum Gasteiger partial charge on any atom is 0.254 e. The molecular weight excluding hydrogens is 361 g/mol. The van der Waals surface area contributed by atoms with Gasteiger partial charge in [0.1, 0.15) is 12.4 Å². The van der Waals surface area contributed by atoms with E-state index in [1.54, 1.807) is 38.1 Å². The van der Waals surface area contributed by atoms with E-state index >= 15 is 0 Å². The summed E-state index contributed by atoms with van der Waals surface area (Å²) in [5.74, 6) is -1.41. The Morgan fingerprint density at radius 3 is 2.68 bits per heavy atom. The van der Waals surface area contributed by atoms with Gasteiger partial charge in [-0.05, 0) is 43.7 Å². The maximum absolute atomic E-state index is 13.8. The fourth-order valence-corrected chi connectivity index (χ4v) is 3.26. The number of fused-ring (bicyclic) bond motifs is 1. The smallest absolute Gasteiger partial charge is 0.254 e. The highest BCUT2D eigenvalue weighted by molar-refractivity contribution is 6.06. The molecule has 0 fully saturated rings. The van der Waals surface area contributed by atoms with E-state index < -0.39 is 11.7 Å². The van der Waals surface area contributed by atoms with Crippen LogP contribution in [0.3, 0.4) is 0 Å². The average Bonchev–Trinajstić information content (AvgIpc) is 2.77. The zero-order valence-electron chi connectivity index (χ0n) is 16.0. The molecule has 0 saturated carbocycles. The lowest BCUT2D eigenvalue weighted by molar-refractivity contribution is -0.119. The number of benzene rings is 2. The summed E-state index contributed by atoms with van der Waals surface area (Å²) in [6, 6.07) is 10.9. The van der Waals surface area contributed by atoms with Crippen molar-refractivity contribution in [3.8, 4) is 0 Å². The van der Waals surface area contributed by atoms with E-state index in [-0.39, 0.29) is 36.4 Å². The third kappa shape index (κ3) is 3.88. The number of nitrogens with zero attached hydrogens (tertiary/aromatic N) is 2. The molecule has 0 aromatic heterocycles. The van der Waals surface area contributed by atoms with Gasteiger partial charge in [-0.3, -0.25) is 14.4 Å². The van der Waals surface area contributed by atoms with E-state index in [0.717, 1.165) is 0 Å². The molecule has 0 aliphatic carbocycles. The molecule has 0 bridgehead atoms. The van der Waals surface area contributed by atoms with Crippen molar-refractivity contribution in [2.75, 3.05) is 23.8 Å². The highest BCUT2D eigenvalue weighted by atomic mass is 19.1. The zero-order chi connectivity index (χ0) is 20.4. The molecule has 1 N–H and O–H groups in total. The number of anilines is 2. The van der Waals surface area contributed by atoms with Gasteiger partial charge in [-0.2, -0.15) is 0 Å². The third-order valence-corrected chi connectivity index (χ3v) is 4.77. The van der Waals surface area contributed by atoms with Gasteiger partial charge in [0.25, 0.3) is 5.91 Å². The molecule has 2 aromatic rings. The number of para-hydroxylation sites is 2. The molecule has 1 heterocycles. The largest absolute Gasteiger partial charge is 0.332 e. The zero-order valence-corrected chi connectivity index (χ0v) is 16.0. The minimum Gasteiger partial charge on any atom is -0.332 e. The van der Waals surface area contributed by atoms with Crippen LogP contribution in [0.2, 0.25) is 0 Å². The number of carbonyl (C=O) groups excluding carboxylic acids is 3. The lowest BCUT2D eigenvalue weighted by Crippen LogP contribution is -2.45. The van der Waals surface area contributed by atoms with Crippen LogP contribution in [0.5, 0.6) is 0 Å². The summed E-state index contributed by atoms with van der Waals surface area (Å²) < 4.78 is 13.8. The predicted molar refractivity (Wildman–Crippen MR) is 105 cm³/mol. The van der Waals surface area contributed by atoms with Gasteiger partial charge in [-0.25, -0.2) is 4.39 Å². The fourth-order valence-electron chi connectivity index (χ4n) is 3.26. The second-order valence-corrected chi connectivity index (χ2v) is 7.01. The molecule has 0 spiro atoms. The van der Waals surface area contributed by atoms with Crippen LogP contribution in [0, 0.1) is 12.7 Å². The van der Waals surface area contributed by atoms with Crippen molar-refractivity contribution in [1.82, 2.24) is 4.90 Å². The van der Waals surface area contributed by atoms with Crippen molar-refractivity contribution in [2.45, 2.75) is 26.3 Å². The summed E-state index contributed by atoms with van der Waals surface area (Å²) >= 11 is 0. The Balaban J connectivity index is 1.82. The van der Waals surface area contributed by atoms with Crippen LogP contribution in [-0.2, 0) is 9.59 Å². The number of aryl methyl sites for hydroxylation is 1. The molecule has 1 atom stereocenters. The second kappa shape index (κ2) is 7.80. The van der Waals surface area contributed by atoms with E-state index in [9.17, 15) is 18.8 Å². The van der Waals surface area contributed by atoms with Crippen molar-refractivity contribution < 1.29 is 18.8 Å². The minimum atomic E-state index is -0.467. The summed E-state index contributed by atoms with van der Waals surface area (Å²) in [6.45, 7) is 3.21. The van der Waals surface area contributed by atoms with Gasteiger partial charge in [0, 0.05) is 25.1 Å². The first-order valence-corrected chi connectivity index (χ1v) is 9.00. The quantitative estimate of drug-likeness (QED) is 0.886. The highest BCUT2D eigenvalue weighted by Gasteiger charge is 2.30. The standard InChI is InChI=1S/C21H22FN3O3/c1-13-8-9-15(11-16(13)22)21(28)24(3)12-20(27)25-14(2)10-19(26)23-17-6-4-5-7-18(17)25/h4-9,11,14H,10,12H2,1-3H3,(H,23,26)/t14-/m1/s1. The van der Waals surface area contributed by atoms with Crippen LogP contribution in [-0.4, -0.2) is 42.3 Å². The summed E-state index contributed by atoms with van der Waals surface area (Å²) in [6.07, 6.45) is 0.154. The number of hydrogen-bond donors (Lipinski definition) is 1. The molecule has 0 unspecified atom stereocenters. The molecule has 146 valence electrons. The van der Waals surface area contributed by atoms with Crippen LogP contribution >= 0.6 is 0 Å². The SMILES string of the molecule is Cc1ccc(C(=O)N(C)CC(=O)N2c3ccccc3NC(=O)C[C@H]2C)cc1F. The average molecular weight is 383 g/mol. The van der Waals surface area contributed by atoms with Crippen molar-refractivity contribution in [2.24, 2.45) is 0 Å². The van der Waals surface area contributed by atoms with Gasteiger partial charge < -0.3 is 15.1 Å². The van der Waals surface area contributed by atoms with Crippen LogP contribution in [0.1, 0.15) is 29.3 Å². The Labute approximate surface area is 162 Å². The Kier molecular flexibility index (Phi) is 5.44. The lowest BCUT2D eigenvalue weighted by Gasteiger charge is -2.29. The van der Waals surface area contributed by atoms with Crippen LogP contribution in [0.4, 0.5) is 15.8 Å². The lowest BCUT2D eigenvalue weighted by atomic mass is 10.1. The van der Waals surface area contributed by atoms with E-state index in [4.69, 9.17) is 0 Å². The van der Waals surface area contributed by atoms with Gasteiger partial charge >= 0.3 is 0 Å². The highest BCUT2D eigenvalue weighted by Crippen LogP contribution is 2.31. The van der Waals surface area contributed by atoms with Crippen LogP contribution in [0.15, 0.2) is 42.5 Å². The first-order valence-electron chi connectivity index (χ1n) is 9.00. The Morgan fingerprint density at radius 2 is 1.96 bits per heavy atom. The molecule has 7 heteroatoms. The molecule has 1 aliphatic heterocycles. The molecule has 28 heavy (non-hydrogen) atoms. The summed E-state index contributed by atoms with van der Waals surface area (Å²) in [5.41, 5.74) is 1.77. The van der Waals surface area contributed by atoms with Gasteiger partial charge in [-0.15, -0.1) is 0 Å².